The minimum Gasteiger partial charge on any atom is -0.329 e. The van der Waals surface area contributed by atoms with Crippen LogP contribution in [0.15, 0.2) is 42.5 Å². The second-order valence-electron chi connectivity index (χ2n) is 6.51. The Morgan fingerprint density at radius 3 is 2.57 bits per heavy atom. The van der Waals surface area contributed by atoms with Gasteiger partial charge in [0.05, 0.1) is 16.8 Å². The number of aromatic nitrogens is 1. The highest BCUT2D eigenvalue weighted by atomic mass is 35.5. The zero-order valence-electron chi connectivity index (χ0n) is 15.9. The van der Waals surface area contributed by atoms with Crippen molar-refractivity contribution in [2.24, 2.45) is 0 Å². The van der Waals surface area contributed by atoms with Gasteiger partial charge >= 0.3 is 0 Å². The predicted molar refractivity (Wildman–Crippen MR) is 108 cm³/mol. The van der Waals surface area contributed by atoms with Gasteiger partial charge in [-0.2, -0.15) is 0 Å². The molecule has 0 aliphatic rings. The van der Waals surface area contributed by atoms with Gasteiger partial charge in [0.15, 0.2) is 17.5 Å². The largest absolute Gasteiger partial charge is 0.329 e. The van der Waals surface area contributed by atoms with Gasteiger partial charge in [-0.25, -0.2) is 18.2 Å². The molecule has 1 aromatic heterocycles. The lowest BCUT2D eigenvalue weighted by atomic mass is 10.1. The van der Waals surface area contributed by atoms with Crippen molar-refractivity contribution in [3.05, 3.63) is 70.6 Å². The lowest BCUT2D eigenvalue weighted by Crippen LogP contribution is -2.38. The molecule has 2 aromatic carbocycles. The number of para-hydroxylation sites is 1. The number of benzene rings is 2. The quantitative estimate of drug-likeness (QED) is 0.447. The molecule has 0 bridgehead atoms. The average molecular weight is 436 g/mol. The third-order valence-electron chi connectivity index (χ3n) is 4.34. The molecule has 30 heavy (non-hydrogen) atoms. The zero-order chi connectivity index (χ0) is 21.8. The van der Waals surface area contributed by atoms with Crippen molar-refractivity contribution < 1.29 is 22.8 Å². The molecule has 5 nitrogen and oxygen atoms in total. The minimum absolute atomic E-state index is 0.127. The highest BCUT2D eigenvalue weighted by Crippen LogP contribution is 2.23. The van der Waals surface area contributed by atoms with Crippen LogP contribution < -0.4 is 5.32 Å². The van der Waals surface area contributed by atoms with Gasteiger partial charge < -0.3 is 10.2 Å². The van der Waals surface area contributed by atoms with E-state index in [1.54, 1.807) is 24.3 Å². The molecule has 3 rings (SSSR count). The van der Waals surface area contributed by atoms with Crippen LogP contribution in [0.1, 0.15) is 23.7 Å². The lowest BCUT2D eigenvalue weighted by Gasteiger charge is -2.22. The molecule has 0 aliphatic heterocycles. The first kappa shape index (κ1) is 21.6. The van der Waals surface area contributed by atoms with Crippen LogP contribution >= 0.6 is 11.6 Å². The van der Waals surface area contributed by atoms with Crippen LogP contribution in [0, 0.1) is 17.5 Å². The Labute approximate surface area is 175 Å². The average Bonchev–Trinajstić information content (AvgIpc) is 2.72. The van der Waals surface area contributed by atoms with Crippen molar-refractivity contribution in [3.63, 3.8) is 0 Å². The number of rotatable bonds is 6. The van der Waals surface area contributed by atoms with Gasteiger partial charge in [0, 0.05) is 11.9 Å². The number of nitrogens with one attached hydrogen (secondary N) is 1. The molecule has 0 atom stereocenters. The summed E-state index contributed by atoms with van der Waals surface area (Å²) in [6.07, 6.45) is 0.551. The number of halogens is 4. The third kappa shape index (κ3) is 4.54. The number of anilines is 1. The first-order valence-corrected chi connectivity index (χ1v) is 9.47. The van der Waals surface area contributed by atoms with Crippen LogP contribution in [0.2, 0.25) is 5.15 Å². The first-order chi connectivity index (χ1) is 14.3. The fraction of sp³-hybridized carbons (Fsp3) is 0.190. The molecular weight excluding hydrogens is 419 g/mol. The molecule has 0 radical (unpaired) electrons. The number of carbonyl (C=O) groups is 2. The molecule has 156 valence electrons. The smallest absolute Gasteiger partial charge is 0.255 e. The summed E-state index contributed by atoms with van der Waals surface area (Å²) in [7, 11) is 0. The summed E-state index contributed by atoms with van der Waals surface area (Å²) in [6, 6.07) is 9.96. The molecule has 0 unspecified atom stereocenters. The van der Waals surface area contributed by atoms with Gasteiger partial charge in [0.2, 0.25) is 5.91 Å². The second-order valence-corrected chi connectivity index (χ2v) is 6.89. The standard InChI is InChI=1S/C21H17ClF3N3O2/c1-2-9-28(11-18(29)27-16-8-7-14(23)19(24)20(16)25)21(30)13-10-17(22)26-15-6-4-3-5-12(13)15/h3-8,10H,2,9,11H2,1H3,(H,27,29). The Hall–Kier alpha value is -3.13. The van der Waals surface area contributed by atoms with Crippen LogP contribution in [0.5, 0.6) is 0 Å². The summed E-state index contributed by atoms with van der Waals surface area (Å²) in [5.41, 5.74) is 0.282. The third-order valence-corrected chi connectivity index (χ3v) is 4.53. The molecule has 0 spiro atoms. The van der Waals surface area contributed by atoms with E-state index in [2.05, 4.69) is 10.3 Å². The van der Waals surface area contributed by atoms with E-state index in [0.717, 1.165) is 6.07 Å². The van der Waals surface area contributed by atoms with E-state index >= 15 is 0 Å². The summed E-state index contributed by atoms with van der Waals surface area (Å²) in [5.74, 6) is -5.78. The molecule has 2 amide bonds. The molecule has 0 fully saturated rings. The summed E-state index contributed by atoms with van der Waals surface area (Å²) < 4.78 is 40.3. The SMILES string of the molecule is CCCN(CC(=O)Nc1ccc(F)c(F)c1F)C(=O)c1cc(Cl)nc2ccccc12. The van der Waals surface area contributed by atoms with Crippen LogP contribution in [0.3, 0.4) is 0 Å². The van der Waals surface area contributed by atoms with E-state index in [1.165, 1.54) is 11.0 Å². The van der Waals surface area contributed by atoms with Crippen molar-refractivity contribution in [1.29, 1.82) is 0 Å². The Morgan fingerprint density at radius 1 is 1.10 bits per heavy atom. The maximum absolute atomic E-state index is 13.8. The Morgan fingerprint density at radius 2 is 1.83 bits per heavy atom. The summed E-state index contributed by atoms with van der Waals surface area (Å²) in [4.78, 5) is 31.0. The number of amides is 2. The van der Waals surface area contributed by atoms with Crippen molar-refractivity contribution >= 4 is 40.0 Å². The molecular formula is C21H17ClF3N3O2. The number of hydrogen-bond acceptors (Lipinski definition) is 3. The maximum Gasteiger partial charge on any atom is 0.255 e. The van der Waals surface area contributed by atoms with Crippen LogP contribution in [-0.2, 0) is 4.79 Å². The van der Waals surface area contributed by atoms with Gasteiger partial charge in [-0.3, -0.25) is 9.59 Å². The van der Waals surface area contributed by atoms with E-state index in [0.29, 0.717) is 23.4 Å². The summed E-state index contributed by atoms with van der Waals surface area (Å²) >= 11 is 6.04. The fourth-order valence-electron chi connectivity index (χ4n) is 3.00. The monoisotopic (exact) mass is 435 g/mol. The van der Waals surface area contributed by atoms with Gasteiger partial charge in [-0.05, 0) is 30.7 Å². The highest BCUT2D eigenvalue weighted by molar-refractivity contribution is 6.30. The first-order valence-electron chi connectivity index (χ1n) is 9.09. The van der Waals surface area contributed by atoms with Crippen molar-refractivity contribution in [2.75, 3.05) is 18.4 Å². The van der Waals surface area contributed by atoms with Gasteiger partial charge in [-0.1, -0.05) is 36.7 Å². The number of hydrogen-bond donors (Lipinski definition) is 1. The van der Waals surface area contributed by atoms with E-state index in [-0.39, 0.29) is 17.3 Å². The van der Waals surface area contributed by atoms with E-state index < -0.39 is 41.5 Å². The van der Waals surface area contributed by atoms with Crippen LogP contribution in [-0.4, -0.2) is 34.8 Å². The molecule has 1 N–H and O–H groups in total. The molecule has 9 heteroatoms. The topological polar surface area (TPSA) is 62.3 Å². The Kier molecular flexibility index (Phi) is 6.56. The van der Waals surface area contributed by atoms with E-state index in [9.17, 15) is 22.8 Å². The Bertz CT molecular complexity index is 1120. The number of nitrogens with zero attached hydrogens (tertiary/aromatic N) is 2. The number of carbonyl (C=O) groups excluding carboxylic acids is 2. The van der Waals surface area contributed by atoms with Gasteiger partial charge in [0.1, 0.15) is 11.7 Å². The van der Waals surface area contributed by atoms with Gasteiger partial charge in [-0.15, -0.1) is 0 Å². The van der Waals surface area contributed by atoms with E-state index in [4.69, 9.17) is 11.6 Å². The lowest BCUT2D eigenvalue weighted by molar-refractivity contribution is -0.116. The summed E-state index contributed by atoms with van der Waals surface area (Å²) in [6.45, 7) is 1.64. The van der Waals surface area contributed by atoms with Crippen LogP contribution in [0.4, 0.5) is 18.9 Å². The molecule has 0 saturated heterocycles. The zero-order valence-corrected chi connectivity index (χ0v) is 16.6. The minimum atomic E-state index is -1.69. The number of pyridine rings is 1. The number of fused-ring (bicyclic) bond motifs is 1. The fourth-order valence-corrected chi connectivity index (χ4v) is 3.20. The van der Waals surface area contributed by atoms with Crippen LogP contribution in [0.25, 0.3) is 10.9 Å². The predicted octanol–water partition coefficient (Wildman–Crippen LogP) is 4.80. The molecule has 0 saturated carbocycles. The molecule has 1 heterocycles. The highest BCUT2D eigenvalue weighted by Gasteiger charge is 2.22. The second kappa shape index (κ2) is 9.13. The van der Waals surface area contributed by atoms with Gasteiger partial charge in [0.25, 0.3) is 5.91 Å². The Balaban J connectivity index is 1.85. The maximum atomic E-state index is 13.8. The van der Waals surface area contributed by atoms with Crippen molar-refractivity contribution in [2.45, 2.75) is 13.3 Å². The van der Waals surface area contributed by atoms with E-state index in [1.807, 2.05) is 6.92 Å². The molecule has 3 aromatic rings. The molecule has 0 aliphatic carbocycles. The van der Waals surface area contributed by atoms with Crippen molar-refractivity contribution in [3.8, 4) is 0 Å². The van der Waals surface area contributed by atoms with Crippen molar-refractivity contribution in [1.82, 2.24) is 9.88 Å². The summed E-state index contributed by atoms with van der Waals surface area (Å²) in [5, 5.41) is 2.87. The normalized spacial score (nSPS) is 10.8.